The summed E-state index contributed by atoms with van der Waals surface area (Å²) in [5, 5.41) is 9.82. The lowest BCUT2D eigenvalue weighted by atomic mass is 9.85. The molecule has 0 aliphatic rings. The Labute approximate surface area is 98.8 Å². The SMILES string of the molecule is CCCC=Cc1ccc(O)c(C(C)(C)C)c1. The Balaban J connectivity index is 2.99. The van der Waals surface area contributed by atoms with E-state index in [1.54, 1.807) is 6.07 Å². The molecule has 0 heterocycles. The summed E-state index contributed by atoms with van der Waals surface area (Å²) in [6, 6.07) is 5.81. The van der Waals surface area contributed by atoms with E-state index in [9.17, 15) is 5.11 Å². The molecule has 16 heavy (non-hydrogen) atoms. The van der Waals surface area contributed by atoms with E-state index in [0.29, 0.717) is 5.75 Å². The van der Waals surface area contributed by atoms with Gasteiger partial charge in [-0.2, -0.15) is 0 Å². The zero-order valence-electron chi connectivity index (χ0n) is 10.7. The molecule has 1 N–H and O–H groups in total. The first-order valence-corrected chi connectivity index (χ1v) is 5.95. The van der Waals surface area contributed by atoms with Crippen LogP contribution in [0.15, 0.2) is 24.3 Å². The normalized spacial score (nSPS) is 12.2. The van der Waals surface area contributed by atoms with E-state index < -0.39 is 0 Å². The smallest absolute Gasteiger partial charge is 0.119 e. The summed E-state index contributed by atoms with van der Waals surface area (Å²) >= 11 is 0. The van der Waals surface area contributed by atoms with Gasteiger partial charge in [-0.3, -0.25) is 0 Å². The molecule has 88 valence electrons. The molecule has 1 nitrogen and oxygen atoms in total. The van der Waals surface area contributed by atoms with Gasteiger partial charge in [0.15, 0.2) is 0 Å². The highest BCUT2D eigenvalue weighted by molar-refractivity contribution is 5.54. The minimum absolute atomic E-state index is 0.0152. The summed E-state index contributed by atoms with van der Waals surface area (Å²) in [5.74, 6) is 0.389. The molecule has 0 amide bonds. The maximum Gasteiger partial charge on any atom is 0.119 e. The molecule has 1 rings (SSSR count). The third-order valence-electron chi connectivity index (χ3n) is 2.59. The number of phenolic OH excluding ortho intramolecular Hbond substituents is 1. The van der Waals surface area contributed by atoms with Crippen molar-refractivity contribution in [1.29, 1.82) is 0 Å². The van der Waals surface area contributed by atoms with Crippen molar-refractivity contribution in [3.05, 3.63) is 35.4 Å². The molecule has 0 spiro atoms. The standard InChI is InChI=1S/C15H22O/c1-5-6-7-8-12-9-10-14(16)13(11-12)15(2,3)4/h7-11,16H,5-6H2,1-4H3. The van der Waals surface area contributed by atoms with Crippen LogP contribution in [0.4, 0.5) is 0 Å². The van der Waals surface area contributed by atoms with E-state index >= 15 is 0 Å². The molecule has 0 unspecified atom stereocenters. The van der Waals surface area contributed by atoms with Crippen LogP contribution >= 0.6 is 0 Å². The quantitative estimate of drug-likeness (QED) is 0.791. The average molecular weight is 218 g/mol. The first-order valence-electron chi connectivity index (χ1n) is 5.95. The molecule has 0 aromatic heterocycles. The molecule has 0 atom stereocenters. The number of hydrogen-bond acceptors (Lipinski definition) is 1. The van der Waals surface area contributed by atoms with Gasteiger partial charge in [-0.05, 0) is 35.1 Å². The molecule has 0 fully saturated rings. The summed E-state index contributed by atoms with van der Waals surface area (Å²) in [5.41, 5.74) is 2.15. The lowest BCUT2D eigenvalue weighted by Gasteiger charge is -2.20. The Bertz CT molecular complexity index is 370. The minimum Gasteiger partial charge on any atom is -0.508 e. The Hall–Kier alpha value is -1.24. The number of benzene rings is 1. The molecule has 0 saturated carbocycles. The molecular weight excluding hydrogens is 196 g/mol. The van der Waals surface area contributed by atoms with Gasteiger partial charge in [0, 0.05) is 0 Å². The van der Waals surface area contributed by atoms with Gasteiger partial charge in [0.1, 0.15) is 5.75 Å². The van der Waals surface area contributed by atoms with Crippen LogP contribution in [0.3, 0.4) is 0 Å². The maximum atomic E-state index is 9.82. The van der Waals surface area contributed by atoms with Gasteiger partial charge in [-0.15, -0.1) is 0 Å². The monoisotopic (exact) mass is 218 g/mol. The van der Waals surface area contributed by atoms with Crippen molar-refractivity contribution in [1.82, 2.24) is 0 Å². The zero-order chi connectivity index (χ0) is 12.2. The van der Waals surface area contributed by atoms with Crippen LogP contribution in [0.5, 0.6) is 5.75 Å². The van der Waals surface area contributed by atoms with E-state index in [1.165, 1.54) is 6.42 Å². The van der Waals surface area contributed by atoms with Crippen molar-refractivity contribution < 1.29 is 5.11 Å². The number of rotatable bonds is 3. The van der Waals surface area contributed by atoms with Crippen LogP contribution in [0.25, 0.3) is 6.08 Å². The van der Waals surface area contributed by atoms with Crippen LogP contribution in [0.2, 0.25) is 0 Å². The number of phenols is 1. The van der Waals surface area contributed by atoms with Gasteiger partial charge in [0.2, 0.25) is 0 Å². The van der Waals surface area contributed by atoms with Gasteiger partial charge in [-0.1, -0.05) is 52.3 Å². The fourth-order valence-corrected chi connectivity index (χ4v) is 1.64. The highest BCUT2D eigenvalue weighted by Gasteiger charge is 2.17. The molecule has 0 saturated heterocycles. The molecule has 1 aromatic carbocycles. The van der Waals surface area contributed by atoms with Crippen molar-refractivity contribution in [2.45, 2.75) is 46.0 Å². The largest absolute Gasteiger partial charge is 0.508 e. The van der Waals surface area contributed by atoms with E-state index in [0.717, 1.165) is 17.5 Å². The van der Waals surface area contributed by atoms with Crippen molar-refractivity contribution in [3.63, 3.8) is 0 Å². The van der Waals surface area contributed by atoms with Crippen LogP contribution < -0.4 is 0 Å². The summed E-state index contributed by atoms with van der Waals surface area (Å²) in [4.78, 5) is 0. The second-order valence-electron chi connectivity index (χ2n) is 5.22. The second-order valence-corrected chi connectivity index (χ2v) is 5.22. The summed E-state index contributed by atoms with van der Waals surface area (Å²) in [7, 11) is 0. The first kappa shape index (κ1) is 12.8. The Morgan fingerprint density at radius 3 is 2.50 bits per heavy atom. The van der Waals surface area contributed by atoms with Crippen molar-refractivity contribution in [2.24, 2.45) is 0 Å². The zero-order valence-corrected chi connectivity index (χ0v) is 10.7. The minimum atomic E-state index is -0.0152. The van der Waals surface area contributed by atoms with Crippen LogP contribution in [-0.4, -0.2) is 5.11 Å². The predicted octanol–water partition coefficient (Wildman–Crippen LogP) is 4.50. The first-order chi connectivity index (χ1) is 7.45. The summed E-state index contributed by atoms with van der Waals surface area (Å²) < 4.78 is 0. The van der Waals surface area contributed by atoms with E-state index in [1.807, 2.05) is 6.07 Å². The van der Waals surface area contributed by atoms with Crippen molar-refractivity contribution >= 4 is 6.08 Å². The van der Waals surface area contributed by atoms with Gasteiger partial charge >= 0.3 is 0 Å². The lowest BCUT2D eigenvalue weighted by molar-refractivity contribution is 0.446. The third kappa shape index (κ3) is 3.41. The molecule has 0 aliphatic heterocycles. The second kappa shape index (κ2) is 5.20. The fraction of sp³-hybridized carbons (Fsp3) is 0.467. The fourth-order valence-electron chi connectivity index (χ4n) is 1.64. The predicted molar refractivity (Wildman–Crippen MR) is 70.7 cm³/mol. The topological polar surface area (TPSA) is 20.2 Å². The van der Waals surface area contributed by atoms with Gasteiger partial charge < -0.3 is 5.11 Å². The number of hydrogen-bond donors (Lipinski definition) is 1. The number of aromatic hydroxyl groups is 1. The molecule has 0 radical (unpaired) electrons. The summed E-state index contributed by atoms with van der Waals surface area (Å²) in [6.45, 7) is 8.51. The average Bonchev–Trinajstić information content (AvgIpc) is 2.19. The number of unbranched alkanes of at least 4 members (excludes halogenated alkanes) is 1. The highest BCUT2D eigenvalue weighted by Crippen LogP contribution is 2.31. The van der Waals surface area contributed by atoms with Crippen LogP contribution in [-0.2, 0) is 5.41 Å². The maximum absolute atomic E-state index is 9.82. The third-order valence-corrected chi connectivity index (χ3v) is 2.59. The number of allylic oxidation sites excluding steroid dienone is 1. The molecular formula is C15H22O. The van der Waals surface area contributed by atoms with E-state index in [-0.39, 0.29) is 5.41 Å². The van der Waals surface area contributed by atoms with Crippen LogP contribution in [0, 0.1) is 0 Å². The highest BCUT2D eigenvalue weighted by atomic mass is 16.3. The van der Waals surface area contributed by atoms with Gasteiger partial charge in [-0.25, -0.2) is 0 Å². The van der Waals surface area contributed by atoms with E-state index in [4.69, 9.17) is 0 Å². The van der Waals surface area contributed by atoms with Crippen molar-refractivity contribution in [3.8, 4) is 5.75 Å². The van der Waals surface area contributed by atoms with Crippen LogP contribution in [0.1, 0.15) is 51.7 Å². The van der Waals surface area contributed by atoms with Crippen molar-refractivity contribution in [2.75, 3.05) is 0 Å². The molecule has 1 aromatic rings. The molecule has 0 aliphatic carbocycles. The van der Waals surface area contributed by atoms with Gasteiger partial charge in [0.25, 0.3) is 0 Å². The van der Waals surface area contributed by atoms with E-state index in [2.05, 4.69) is 45.9 Å². The Morgan fingerprint density at radius 2 is 1.94 bits per heavy atom. The summed E-state index contributed by atoms with van der Waals surface area (Å²) in [6.07, 6.45) is 6.57. The molecule has 0 bridgehead atoms. The van der Waals surface area contributed by atoms with Gasteiger partial charge in [0.05, 0.1) is 0 Å². The Kier molecular flexibility index (Phi) is 4.17. The lowest BCUT2D eigenvalue weighted by Crippen LogP contribution is -2.11. The molecule has 1 heteroatoms. The Morgan fingerprint density at radius 1 is 1.25 bits per heavy atom.